The maximum absolute atomic E-state index is 14.0. The van der Waals surface area contributed by atoms with Crippen LogP contribution in [0.1, 0.15) is 57.8 Å². The van der Waals surface area contributed by atoms with Crippen LogP contribution in [0.3, 0.4) is 0 Å². The summed E-state index contributed by atoms with van der Waals surface area (Å²) in [5.74, 6) is 1.07. The molecule has 3 aromatic carbocycles. The molecule has 1 unspecified atom stereocenters. The van der Waals surface area contributed by atoms with Gasteiger partial charge in [-0.25, -0.2) is 9.78 Å². The fourth-order valence-corrected chi connectivity index (χ4v) is 5.35. The van der Waals surface area contributed by atoms with Crippen LogP contribution < -0.4 is 15.6 Å². The predicted octanol–water partition coefficient (Wildman–Crippen LogP) is 7.68. The molecule has 4 aromatic rings. The summed E-state index contributed by atoms with van der Waals surface area (Å²) in [6.45, 7) is 4.74. The summed E-state index contributed by atoms with van der Waals surface area (Å²) < 4.78 is 7.27. The monoisotopic (exact) mass is 558 g/mol. The van der Waals surface area contributed by atoms with Gasteiger partial charge in [0.1, 0.15) is 11.6 Å². The van der Waals surface area contributed by atoms with Crippen molar-refractivity contribution in [3.63, 3.8) is 0 Å². The molecule has 0 aliphatic carbocycles. The van der Waals surface area contributed by atoms with E-state index in [0.29, 0.717) is 41.1 Å². The highest BCUT2D eigenvalue weighted by Crippen LogP contribution is 2.30. The van der Waals surface area contributed by atoms with Gasteiger partial charge in [0.2, 0.25) is 0 Å². The number of hydrogen-bond donors (Lipinski definition) is 1. The number of aromatic nitrogens is 2. The van der Waals surface area contributed by atoms with Crippen LogP contribution in [0.5, 0.6) is 5.75 Å². The number of urea groups is 1. The van der Waals surface area contributed by atoms with Gasteiger partial charge in [-0.15, -0.1) is 11.8 Å². The zero-order chi connectivity index (χ0) is 28.5. The molecular formula is C32H38N4O3S. The summed E-state index contributed by atoms with van der Waals surface area (Å²) in [6, 6.07) is 21.9. The first-order chi connectivity index (χ1) is 19.5. The number of methoxy groups -OCH3 is 1. The van der Waals surface area contributed by atoms with E-state index < -0.39 is 6.04 Å². The number of nitrogens with one attached hydrogen (secondary N) is 1. The van der Waals surface area contributed by atoms with Crippen molar-refractivity contribution in [1.82, 2.24) is 14.5 Å². The summed E-state index contributed by atoms with van der Waals surface area (Å²) in [7, 11) is 1.59. The number of unbranched alkanes of at least 4 members (excludes halogenated alkanes) is 3. The van der Waals surface area contributed by atoms with Crippen molar-refractivity contribution in [2.45, 2.75) is 56.9 Å². The highest BCUT2D eigenvalue weighted by molar-refractivity contribution is 7.98. The molecule has 40 heavy (non-hydrogen) atoms. The summed E-state index contributed by atoms with van der Waals surface area (Å²) in [6.07, 6.45) is 6.67. The molecule has 0 fully saturated rings. The number of fused-ring (bicyclic) bond motifs is 1. The highest BCUT2D eigenvalue weighted by atomic mass is 32.2. The smallest absolute Gasteiger partial charge is 0.322 e. The second kappa shape index (κ2) is 14.0. The Morgan fingerprint density at radius 2 is 1.73 bits per heavy atom. The molecule has 210 valence electrons. The first-order valence-corrected chi connectivity index (χ1v) is 15.1. The third-order valence-corrected chi connectivity index (χ3v) is 7.79. The number of rotatable bonds is 12. The zero-order valence-corrected chi connectivity index (χ0v) is 24.5. The second-order valence-electron chi connectivity index (χ2n) is 9.64. The Balaban J connectivity index is 1.84. The number of anilines is 1. The fourth-order valence-electron chi connectivity index (χ4n) is 4.94. The average Bonchev–Trinajstić information content (AvgIpc) is 2.99. The van der Waals surface area contributed by atoms with Crippen molar-refractivity contribution < 1.29 is 9.53 Å². The lowest BCUT2D eigenvalue weighted by Crippen LogP contribution is -2.41. The molecule has 1 atom stereocenters. The third kappa shape index (κ3) is 6.50. The van der Waals surface area contributed by atoms with Gasteiger partial charge in [-0.2, -0.15) is 0 Å². The molecule has 0 bridgehead atoms. The van der Waals surface area contributed by atoms with E-state index in [9.17, 15) is 9.59 Å². The molecule has 0 spiro atoms. The van der Waals surface area contributed by atoms with Crippen LogP contribution in [-0.4, -0.2) is 40.4 Å². The standard InChI is InChI=1S/C32H38N4O3S/c1-5-7-8-13-22-35(32(38)33-23-18-20-24(40-4)21-19-23)27(6-2)30-34-26-15-10-9-14-25(26)31(37)36(30)28-16-11-12-17-29(28)39-3/h9-12,14-21,27H,5-8,13,22H2,1-4H3,(H,33,38). The summed E-state index contributed by atoms with van der Waals surface area (Å²) >= 11 is 1.65. The number of hydrogen-bond acceptors (Lipinski definition) is 5. The van der Waals surface area contributed by atoms with Gasteiger partial charge in [-0.1, -0.05) is 57.4 Å². The SMILES string of the molecule is CCCCCCN(C(=O)Nc1ccc(SC)cc1)C(CC)c1nc2ccccc2c(=O)n1-c1ccccc1OC. The lowest BCUT2D eigenvalue weighted by molar-refractivity contribution is 0.179. The molecule has 0 aliphatic rings. The lowest BCUT2D eigenvalue weighted by Gasteiger charge is -2.32. The molecule has 1 heterocycles. The zero-order valence-electron chi connectivity index (χ0n) is 23.7. The minimum absolute atomic E-state index is 0.192. The molecule has 4 rings (SSSR count). The Kier molecular flexibility index (Phi) is 10.2. The van der Waals surface area contributed by atoms with Gasteiger partial charge in [-0.05, 0) is 67.6 Å². The first-order valence-electron chi connectivity index (χ1n) is 13.9. The van der Waals surface area contributed by atoms with E-state index in [0.717, 1.165) is 36.3 Å². The van der Waals surface area contributed by atoms with Gasteiger partial charge < -0.3 is 15.0 Å². The molecule has 1 aromatic heterocycles. The van der Waals surface area contributed by atoms with Gasteiger partial charge in [-0.3, -0.25) is 9.36 Å². The number of thioether (sulfide) groups is 1. The number of carbonyl (C=O) groups is 1. The van der Waals surface area contributed by atoms with Crippen molar-refractivity contribution in [1.29, 1.82) is 0 Å². The van der Waals surface area contributed by atoms with Gasteiger partial charge in [0.25, 0.3) is 5.56 Å². The minimum atomic E-state index is -0.450. The van der Waals surface area contributed by atoms with Crippen LogP contribution in [-0.2, 0) is 0 Å². The Morgan fingerprint density at radius 3 is 2.42 bits per heavy atom. The molecule has 8 heteroatoms. The highest BCUT2D eigenvalue weighted by Gasteiger charge is 2.29. The van der Waals surface area contributed by atoms with Crippen molar-refractivity contribution >= 4 is 34.4 Å². The largest absolute Gasteiger partial charge is 0.495 e. The van der Waals surface area contributed by atoms with E-state index in [1.165, 1.54) is 0 Å². The molecule has 2 amide bonds. The van der Waals surface area contributed by atoms with Crippen LogP contribution in [0.25, 0.3) is 16.6 Å². The molecule has 0 saturated carbocycles. The molecule has 0 saturated heterocycles. The van der Waals surface area contributed by atoms with Gasteiger partial charge >= 0.3 is 6.03 Å². The molecule has 0 aliphatic heterocycles. The van der Waals surface area contributed by atoms with E-state index in [4.69, 9.17) is 9.72 Å². The van der Waals surface area contributed by atoms with Crippen molar-refractivity contribution in [2.75, 3.05) is 25.2 Å². The van der Waals surface area contributed by atoms with Crippen molar-refractivity contribution in [3.05, 3.63) is 89.0 Å². The van der Waals surface area contributed by atoms with Crippen LogP contribution >= 0.6 is 11.8 Å². The number of amides is 2. The van der Waals surface area contributed by atoms with Crippen LogP contribution in [0.15, 0.2) is 82.5 Å². The number of nitrogens with zero attached hydrogens (tertiary/aromatic N) is 3. The Morgan fingerprint density at radius 1 is 1.00 bits per heavy atom. The minimum Gasteiger partial charge on any atom is -0.495 e. The third-order valence-electron chi connectivity index (χ3n) is 7.04. The Labute approximate surface area is 240 Å². The van der Waals surface area contributed by atoms with Gasteiger partial charge in [0.05, 0.1) is 29.7 Å². The quantitative estimate of drug-likeness (QED) is 0.143. The van der Waals surface area contributed by atoms with Crippen molar-refractivity contribution in [3.8, 4) is 11.4 Å². The topological polar surface area (TPSA) is 76.5 Å². The number of benzene rings is 3. The summed E-state index contributed by atoms with van der Waals surface area (Å²) in [5, 5.41) is 3.60. The van der Waals surface area contributed by atoms with E-state index in [2.05, 4.69) is 12.2 Å². The molecule has 7 nitrogen and oxygen atoms in total. The predicted molar refractivity (Wildman–Crippen MR) is 165 cm³/mol. The van der Waals surface area contributed by atoms with Crippen LogP contribution in [0, 0.1) is 0 Å². The van der Waals surface area contributed by atoms with E-state index >= 15 is 0 Å². The van der Waals surface area contributed by atoms with Crippen LogP contribution in [0.2, 0.25) is 0 Å². The van der Waals surface area contributed by atoms with E-state index in [-0.39, 0.29) is 11.6 Å². The molecule has 1 N–H and O–H groups in total. The number of carbonyl (C=O) groups excluding carboxylic acids is 1. The maximum atomic E-state index is 14.0. The van der Waals surface area contributed by atoms with Crippen LogP contribution in [0.4, 0.5) is 10.5 Å². The Hall–Kier alpha value is -3.78. The fraction of sp³-hybridized carbons (Fsp3) is 0.344. The van der Waals surface area contributed by atoms with Gasteiger partial charge in [0, 0.05) is 17.1 Å². The number of ether oxygens (including phenoxy) is 1. The van der Waals surface area contributed by atoms with Gasteiger partial charge in [0.15, 0.2) is 0 Å². The maximum Gasteiger partial charge on any atom is 0.322 e. The molecule has 0 radical (unpaired) electrons. The lowest BCUT2D eigenvalue weighted by atomic mass is 10.1. The second-order valence-corrected chi connectivity index (χ2v) is 10.5. The number of para-hydroxylation sites is 3. The van der Waals surface area contributed by atoms with Crippen molar-refractivity contribution in [2.24, 2.45) is 0 Å². The Bertz CT molecular complexity index is 1490. The molecular weight excluding hydrogens is 520 g/mol. The summed E-state index contributed by atoms with van der Waals surface area (Å²) in [5.41, 5.74) is 1.74. The normalized spacial score (nSPS) is 11.8. The first kappa shape index (κ1) is 29.2. The van der Waals surface area contributed by atoms with E-state index in [1.54, 1.807) is 29.5 Å². The average molecular weight is 559 g/mol. The van der Waals surface area contributed by atoms with E-state index in [1.807, 2.05) is 84.8 Å². The summed E-state index contributed by atoms with van der Waals surface area (Å²) in [4.78, 5) is 35.9.